The second-order valence-electron chi connectivity index (χ2n) is 3.23. The monoisotopic (exact) mass is 173 g/mol. The number of hydrogen-bond donors (Lipinski definition) is 1. The fraction of sp³-hybridized carbons (Fsp3) is 0.182. The Morgan fingerprint density at radius 3 is 2.69 bits per heavy atom. The van der Waals surface area contributed by atoms with E-state index in [0.717, 1.165) is 0 Å². The van der Waals surface area contributed by atoms with Gasteiger partial charge in [0.1, 0.15) is 12.7 Å². The van der Waals surface area contributed by atoms with Gasteiger partial charge in [-0.3, -0.25) is 0 Å². The van der Waals surface area contributed by atoms with E-state index in [1.54, 1.807) is 0 Å². The lowest BCUT2D eigenvalue weighted by atomic mass is 10.2. The quantitative estimate of drug-likeness (QED) is 0.635. The number of H-pyrrole nitrogens is 1. The molecule has 0 aromatic carbocycles. The summed E-state index contributed by atoms with van der Waals surface area (Å²) in [6.07, 6.45) is 4.02. The molecule has 0 aliphatic carbocycles. The number of pyridine rings is 1. The zero-order chi connectivity index (χ0) is 9.26. The van der Waals surface area contributed by atoms with Crippen molar-refractivity contribution >= 4 is 0 Å². The Bertz CT molecular complexity index is 416. The van der Waals surface area contributed by atoms with Crippen molar-refractivity contribution in [3.63, 3.8) is 0 Å². The van der Waals surface area contributed by atoms with Crippen LogP contribution >= 0.6 is 0 Å². The first-order chi connectivity index (χ1) is 6.29. The van der Waals surface area contributed by atoms with Crippen LogP contribution in [0.1, 0.15) is 5.56 Å². The molecule has 0 aliphatic rings. The van der Waals surface area contributed by atoms with Gasteiger partial charge >= 0.3 is 0 Å². The molecule has 0 saturated carbocycles. The topological polar surface area (TPSA) is 19.7 Å². The zero-order valence-corrected chi connectivity index (χ0v) is 7.91. The third-order valence-corrected chi connectivity index (χ3v) is 2.27. The molecule has 0 radical (unpaired) electrons. The van der Waals surface area contributed by atoms with Gasteiger partial charge in [0.25, 0.3) is 0 Å². The van der Waals surface area contributed by atoms with E-state index >= 15 is 0 Å². The van der Waals surface area contributed by atoms with E-state index < -0.39 is 0 Å². The highest BCUT2D eigenvalue weighted by Crippen LogP contribution is 2.16. The molecule has 0 bridgehead atoms. The molecule has 0 aliphatic heterocycles. The van der Waals surface area contributed by atoms with Gasteiger partial charge in [0.15, 0.2) is 6.20 Å². The van der Waals surface area contributed by atoms with Gasteiger partial charge in [-0.15, -0.1) is 0 Å². The first kappa shape index (κ1) is 8.05. The molecular formula is C11H13N2+. The number of nitrogens with one attached hydrogen (secondary N) is 1. The largest absolute Gasteiger partial charge is 0.356 e. The summed E-state index contributed by atoms with van der Waals surface area (Å²) in [6.45, 7) is 2.11. The summed E-state index contributed by atoms with van der Waals surface area (Å²) in [7, 11) is 2.05. The van der Waals surface area contributed by atoms with Crippen LogP contribution in [0.2, 0.25) is 0 Å². The van der Waals surface area contributed by atoms with Gasteiger partial charge in [-0.25, -0.2) is 0 Å². The van der Waals surface area contributed by atoms with E-state index in [4.69, 9.17) is 0 Å². The first-order valence-corrected chi connectivity index (χ1v) is 4.38. The van der Waals surface area contributed by atoms with Crippen molar-refractivity contribution < 1.29 is 4.57 Å². The summed E-state index contributed by atoms with van der Waals surface area (Å²) in [5.74, 6) is 0. The van der Waals surface area contributed by atoms with Crippen molar-refractivity contribution in [2.24, 2.45) is 7.05 Å². The average molecular weight is 173 g/mol. The average Bonchev–Trinajstić information content (AvgIpc) is 2.52. The van der Waals surface area contributed by atoms with Crippen LogP contribution in [0.25, 0.3) is 11.4 Å². The van der Waals surface area contributed by atoms with Crippen LogP contribution in [-0.4, -0.2) is 4.98 Å². The lowest BCUT2D eigenvalue weighted by Gasteiger charge is -1.97. The van der Waals surface area contributed by atoms with Gasteiger partial charge in [-0.2, -0.15) is 4.57 Å². The highest BCUT2D eigenvalue weighted by Gasteiger charge is 2.10. The van der Waals surface area contributed by atoms with Crippen LogP contribution in [0, 0.1) is 6.92 Å². The van der Waals surface area contributed by atoms with Crippen molar-refractivity contribution in [1.29, 1.82) is 0 Å². The molecular weight excluding hydrogens is 160 g/mol. The number of rotatable bonds is 1. The van der Waals surface area contributed by atoms with Crippen LogP contribution < -0.4 is 4.57 Å². The van der Waals surface area contributed by atoms with Gasteiger partial charge in [-0.05, 0) is 24.6 Å². The van der Waals surface area contributed by atoms with Crippen LogP contribution in [0.5, 0.6) is 0 Å². The summed E-state index contributed by atoms with van der Waals surface area (Å²) >= 11 is 0. The van der Waals surface area contributed by atoms with E-state index in [1.165, 1.54) is 17.0 Å². The van der Waals surface area contributed by atoms with E-state index in [2.05, 4.69) is 47.9 Å². The molecule has 0 unspecified atom stereocenters. The van der Waals surface area contributed by atoms with Crippen molar-refractivity contribution in [2.45, 2.75) is 6.92 Å². The molecule has 2 aromatic heterocycles. The fourth-order valence-electron chi connectivity index (χ4n) is 1.51. The summed E-state index contributed by atoms with van der Waals surface area (Å²) in [5, 5.41) is 0. The van der Waals surface area contributed by atoms with Crippen molar-refractivity contribution in [2.75, 3.05) is 0 Å². The third kappa shape index (κ3) is 1.35. The molecule has 2 aromatic rings. The van der Waals surface area contributed by atoms with E-state index in [-0.39, 0.29) is 0 Å². The molecule has 13 heavy (non-hydrogen) atoms. The number of nitrogens with zero attached hydrogens (tertiary/aromatic N) is 1. The molecule has 2 heteroatoms. The zero-order valence-electron chi connectivity index (χ0n) is 7.91. The Hall–Kier alpha value is -1.57. The Morgan fingerprint density at radius 2 is 2.08 bits per heavy atom. The maximum Gasteiger partial charge on any atom is 0.228 e. The second-order valence-corrected chi connectivity index (χ2v) is 3.23. The Balaban J connectivity index is 2.59. The smallest absolute Gasteiger partial charge is 0.228 e. The predicted octanol–water partition coefficient (Wildman–Crippen LogP) is 1.81. The molecule has 66 valence electrons. The molecule has 0 saturated heterocycles. The lowest BCUT2D eigenvalue weighted by Crippen LogP contribution is -2.30. The number of aryl methyl sites for hydroxylation is 2. The Kier molecular flexibility index (Phi) is 1.89. The molecule has 0 spiro atoms. The Morgan fingerprint density at radius 1 is 1.23 bits per heavy atom. The van der Waals surface area contributed by atoms with Gasteiger partial charge in [0.2, 0.25) is 5.69 Å². The summed E-state index contributed by atoms with van der Waals surface area (Å²) in [6, 6.07) is 8.28. The highest BCUT2D eigenvalue weighted by molar-refractivity contribution is 5.55. The van der Waals surface area contributed by atoms with Crippen LogP contribution in [0.4, 0.5) is 0 Å². The minimum absolute atomic E-state index is 1.20. The minimum atomic E-state index is 1.20. The Labute approximate surface area is 77.9 Å². The maximum atomic E-state index is 3.24. The normalized spacial score (nSPS) is 10.3. The molecule has 2 nitrogen and oxygen atoms in total. The van der Waals surface area contributed by atoms with Crippen molar-refractivity contribution in [3.05, 3.63) is 42.2 Å². The van der Waals surface area contributed by atoms with Gasteiger partial charge < -0.3 is 4.98 Å². The van der Waals surface area contributed by atoms with Crippen LogP contribution in [0.3, 0.4) is 0 Å². The second kappa shape index (κ2) is 3.05. The molecule has 0 atom stereocenters. The highest BCUT2D eigenvalue weighted by atomic mass is 14.9. The van der Waals surface area contributed by atoms with Gasteiger partial charge in [-0.1, -0.05) is 0 Å². The van der Waals surface area contributed by atoms with E-state index in [1.807, 2.05) is 12.3 Å². The van der Waals surface area contributed by atoms with E-state index in [0.29, 0.717) is 0 Å². The molecule has 2 rings (SSSR count). The first-order valence-electron chi connectivity index (χ1n) is 4.38. The number of aromatic amines is 1. The number of aromatic nitrogens is 2. The predicted molar refractivity (Wildman–Crippen MR) is 52.1 cm³/mol. The van der Waals surface area contributed by atoms with Crippen molar-refractivity contribution in [1.82, 2.24) is 4.98 Å². The van der Waals surface area contributed by atoms with Crippen molar-refractivity contribution in [3.8, 4) is 11.4 Å². The minimum Gasteiger partial charge on any atom is -0.356 e. The fourth-order valence-corrected chi connectivity index (χ4v) is 1.51. The summed E-state index contributed by atoms with van der Waals surface area (Å²) in [5.41, 5.74) is 3.69. The standard InChI is InChI=1S/C11H12N2/c1-9-6-7-12-11(9)10-5-3-4-8-13(10)2/h3-8H,1-2H3/p+1. The maximum absolute atomic E-state index is 3.24. The third-order valence-electron chi connectivity index (χ3n) is 2.27. The molecule has 1 N–H and O–H groups in total. The molecule has 0 amide bonds. The lowest BCUT2D eigenvalue weighted by molar-refractivity contribution is -0.660. The molecule has 2 heterocycles. The van der Waals surface area contributed by atoms with Crippen LogP contribution in [0.15, 0.2) is 36.7 Å². The van der Waals surface area contributed by atoms with Gasteiger partial charge in [0, 0.05) is 18.3 Å². The summed E-state index contributed by atoms with van der Waals surface area (Å²) in [4.78, 5) is 3.24. The van der Waals surface area contributed by atoms with E-state index in [9.17, 15) is 0 Å². The molecule has 0 fully saturated rings. The summed E-state index contributed by atoms with van der Waals surface area (Å²) < 4.78 is 2.11. The SMILES string of the molecule is Cc1cc[nH]c1-c1cccc[n+]1C. The van der Waals surface area contributed by atoms with Gasteiger partial charge in [0.05, 0.1) is 0 Å². The number of hydrogen-bond acceptors (Lipinski definition) is 0. The van der Waals surface area contributed by atoms with Crippen LogP contribution in [-0.2, 0) is 7.05 Å².